The molecule has 1 saturated heterocycles. The molecule has 1 fully saturated rings. The molecule has 2 heterocycles. The Bertz CT molecular complexity index is 843. The van der Waals surface area contributed by atoms with E-state index in [1.54, 1.807) is 11.3 Å². The summed E-state index contributed by atoms with van der Waals surface area (Å²) in [6, 6.07) is 8.21. The number of carbonyl (C=O) groups is 1. The lowest BCUT2D eigenvalue weighted by atomic mass is 9.96. The zero-order valence-corrected chi connectivity index (χ0v) is 17.4. The van der Waals surface area contributed by atoms with Crippen molar-refractivity contribution in [3.8, 4) is 0 Å². The summed E-state index contributed by atoms with van der Waals surface area (Å²) in [5.41, 5.74) is 4.78. The number of carboxylic acids is 1. The predicted octanol–water partition coefficient (Wildman–Crippen LogP) is 5.64. The van der Waals surface area contributed by atoms with Crippen molar-refractivity contribution in [3.05, 3.63) is 62.3 Å². The number of hydrogen-bond donors (Lipinski definition) is 1. The van der Waals surface area contributed by atoms with Crippen molar-refractivity contribution in [3.63, 3.8) is 0 Å². The number of carboxylic acid groups (broad SMARTS) is 1. The van der Waals surface area contributed by atoms with E-state index in [9.17, 15) is 9.90 Å². The van der Waals surface area contributed by atoms with Crippen molar-refractivity contribution in [2.45, 2.75) is 33.1 Å². The minimum Gasteiger partial charge on any atom is -0.481 e. The Morgan fingerprint density at radius 3 is 2.89 bits per heavy atom. The van der Waals surface area contributed by atoms with E-state index in [0.29, 0.717) is 6.54 Å². The number of aryl methyl sites for hydroxylation is 1. The number of benzene rings is 1. The van der Waals surface area contributed by atoms with Crippen molar-refractivity contribution < 1.29 is 9.90 Å². The molecule has 0 saturated carbocycles. The van der Waals surface area contributed by atoms with Crippen molar-refractivity contribution in [1.82, 2.24) is 4.90 Å². The molecule has 3 rings (SSSR count). The van der Waals surface area contributed by atoms with Crippen LogP contribution in [0.15, 0.2) is 35.7 Å². The van der Waals surface area contributed by atoms with Crippen LogP contribution >= 0.6 is 22.9 Å². The van der Waals surface area contributed by atoms with E-state index in [-0.39, 0.29) is 5.92 Å². The first kappa shape index (κ1) is 20.1. The molecule has 3 nitrogen and oxygen atoms in total. The summed E-state index contributed by atoms with van der Waals surface area (Å²) in [5, 5.41) is 12.2. The van der Waals surface area contributed by atoms with E-state index in [4.69, 9.17) is 11.6 Å². The lowest BCUT2D eigenvalue weighted by Crippen LogP contribution is -2.39. The average Bonchev–Trinajstić information content (AvgIpc) is 3.07. The quantitative estimate of drug-likeness (QED) is 0.678. The Labute approximate surface area is 170 Å². The number of thiophene rings is 1. The van der Waals surface area contributed by atoms with Crippen molar-refractivity contribution in [2.24, 2.45) is 5.92 Å². The fourth-order valence-corrected chi connectivity index (χ4v) is 4.88. The van der Waals surface area contributed by atoms with Gasteiger partial charge in [0.1, 0.15) is 0 Å². The van der Waals surface area contributed by atoms with Crippen LogP contribution in [0.1, 0.15) is 40.8 Å². The fourth-order valence-electron chi connectivity index (χ4n) is 3.72. The van der Waals surface area contributed by atoms with E-state index in [1.807, 2.05) is 12.1 Å². The van der Waals surface area contributed by atoms with Gasteiger partial charge in [-0.15, -0.1) is 11.3 Å². The molecular weight excluding hydrogens is 378 g/mol. The highest BCUT2D eigenvalue weighted by Crippen LogP contribution is 2.34. The molecule has 1 atom stereocenters. The van der Waals surface area contributed by atoms with Gasteiger partial charge in [-0.05, 0) is 79.4 Å². The van der Waals surface area contributed by atoms with E-state index < -0.39 is 5.97 Å². The molecule has 1 aromatic carbocycles. The molecule has 1 aromatic heterocycles. The zero-order chi connectivity index (χ0) is 19.4. The molecule has 1 N–H and O–H groups in total. The molecule has 0 radical (unpaired) electrons. The Balaban J connectivity index is 1.80. The van der Waals surface area contributed by atoms with Crippen molar-refractivity contribution in [2.75, 3.05) is 19.6 Å². The lowest BCUT2D eigenvalue weighted by Gasteiger charge is -2.30. The first-order valence-corrected chi connectivity index (χ1v) is 10.7. The number of halogens is 1. The van der Waals surface area contributed by atoms with Gasteiger partial charge in [0, 0.05) is 23.0 Å². The number of likely N-dealkylation sites (tertiary alicyclic amines) is 1. The molecule has 0 aliphatic carbocycles. The molecule has 0 spiro atoms. The van der Waals surface area contributed by atoms with Gasteiger partial charge in [0.25, 0.3) is 0 Å². The van der Waals surface area contributed by atoms with E-state index in [1.165, 1.54) is 21.6 Å². The predicted molar refractivity (Wildman–Crippen MR) is 114 cm³/mol. The molecule has 1 aliphatic heterocycles. The van der Waals surface area contributed by atoms with E-state index in [0.717, 1.165) is 42.9 Å². The van der Waals surface area contributed by atoms with Gasteiger partial charge in [0.2, 0.25) is 0 Å². The van der Waals surface area contributed by atoms with Crippen LogP contribution in [0.2, 0.25) is 5.02 Å². The van der Waals surface area contributed by atoms with E-state index in [2.05, 4.69) is 42.3 Å². The number of aliphatic carboxylic acids is 1. The summed E-state index contributed by atoms with van der Waals surface area (Å²) in [5.74, 6) is -0.892. The number of hydrogen-bond acceptors (Lipinski definition) is 3. The number of rotatable bonds is 6. The summed E-state index contributed by atoms with van der Waals surface area (Å²) in [6.45, 7) is 6.74. The third-order valence-electron chi connectivity index (χ3n) is 5.31. The van der Waals surface area contributed by atoms with Crippen LogP contribution in [-0.2, 0) is 4.79 Å². The number of nitrogens with zero attached hydrogens (tertiary/aromatic N) is 1. The average molecular weight is 404 g/mol. The van der Waals surface area contributed by atoms with Gasteiger partial charge >= 0.3 is 5.97 Å². The Morgan fingerprint density at radius 2 is 2.19 bits per heavy atom. The topological polar surface area (TPSA) is 40.5 Å². The molecule has 0 bridgehead atoms. The van der Waals surface area contributed by atoms with Crippen molar-refractivity contribution in [1.29, 1.82) is 0 Å². The van der Waals surface area contributed by atoms with Gasteiger partial charge < -0.3 is 10.0 Å². The molecule has 2 aromatic rings. The van der Waals surface area contributed by atoms with E-state index >= 15 is 0 Å². The van der Waals surface area contributed by atoms with Gasteiger partial charge in [-0.2, -0.15) is 0 Å². The second-order valence-electron chi connectivity index (χ2n) is 7.23. The van der Waals surface area contributed by atoms with Crippen LogP contribution in [0.4, 0.5) is 0 Å². The third-order valence-corrected chi connectivity index (χ3v) is 6.77. The molecule has 0 amide bonds. The number of piperidine rings is 1. The maximum absolute atomic E-state index is 11.3. The van der Waals surface area contributed by atoms with Crippen LogP contribution in [0.3, 0.4) is 0 Å². The molecule has 1 aliphatic rings. The first-order chi connectivity index (χ1) is 13.0. The minimum absolute atomic E-state index is 0.225. The maximum atomic E-state index is 11.3. The first-order valence-electron chi connectivity index (χ1n) is 9.42. The molecular formula is C22H26ClNO2S. The van der Waals surface area contributed by atoms with Gasteiger partial charge in [-0.3, -0.25) is 4.79 Å². The highest BCUT2D eigenvalue weighted by Gasteiger charge is 2.24. The van der Waals surface area contributed by atoms with Gasteiger partial charge in [-0.25, -0.2) is 0 Å². The molecule has 27 heavy (non-hydrogen) atoms. The summed E-state index contributed by atoms with van der Waals surface area (Å²) in [6.07, 6.45) is 4.95. The van der Waals surface area contributed by atoms with Crippen LogP contribution in [0, 0.1) is 19.8 Å². The molecule has 144 valence electrons. The zero-order valence-electron chi connectivity index (χ0n) is 15.9. The molecule has 1 unspecified atom stereocenters. The van der Waals surface area contributed by atoms with Crippen LogP contribution in [-0.4, -0.2) is 35.6 Å². The van der Waals surface area contributed by atoms with Gasteiger partial charge in [0.05, 0.1) is 5.92 Å². The monoisotopic (exact) mass is 403 g/mol. The third kappa shape index (κ3) is 4.81. The Hall–Kier alpha value is -1.62. The normalized spacial score (nSPS) is 18.6. The highest BCUT2D eigenvalue weighted by atomic mass is 35.5. The molecule has 5 heteroatoms. The van der Waals surface area contributed by atoms with Crippen molar-refractivity contribution >= 4 is 34.5 Å². The lowest BCUT2D eigenvalue weighted by molar-refractivity contribution is -0.143. The standard InChI is InChI=1S/C22H26ClNO2S/c1-15-10-13-27-21(15)19(18-7-3-9-20(23)16(18)2)8-5-12-24-11-4-6-17(14-24)22(25)26/h3,7-10,13,17H,4-6,11-12,14H2,1-2H3,(H,25,26)/b19-8-. The second-order valence-corrected chi connectivity index (χ2v) is 8.55. The summed E-state index contributed by atoms with van der Waals surface area (Å²) in [4.78, 5) is 14.8. The largest absolute Gasteiger partial charge is 0.481 e. The maximum Gasteiger partial charge on any atom is 0.307 e. The van der Waals surface area contributed by atoms with Gasteiger partial charge in [-0.1, -0.05) is 29.8 Å². The second kappa shape index (κ2) is 9.05. The smallest absolute Gasteiger partial charge is 0.307 e. The van der Waals surface area contributed by atoms with Crippen LogP contribution in [0.5, 0.6) is 0 Å². The SMILES string of the molecule is Cc1ccsc1/C(=C\CCN1CCCC(C(=O)O)C1)c1cccc(Cl)c1C. The summed E-state index contributed by atoms with van der Waals surface area (Å²) < 4.78 is 0. The fraction of sp³-hybridized carbons (Fsp3) is 0.409. The Morgan fingerprint density at radius 1 is 1.37 bits per heavy atom. The van der Waals surface area contributed by atoms with Crippen LogP contribution < -0.4 is 0 Å². The van der Waals surface area contributed by atoms with Crippen LogP contribution in [0.25, 0.3) is 5.57 Å². The Kier molecular flexibility index (Phi) is 6.74. The highest BCUT2D eigenvalue weighted by molar-refractivity contribution is 7.11. The summed E-state index contributed by atoms with van der Waals surface area (Å²) >= 11 is 8.13. The minimum atomic E-state index is -0.667. The summed E-state index contributed by atoms with van der Waals surface area (Å²) in [7, 11) is 0. The van der Waals surface area contributed by atoms with Gasteiger partial charge in [0.15, 0.2) is 0 Å².